The highest BCUT2D eigenvalue weighted by atomic mass is 32.1. The lowest BCUT2D eigenvalue weighted by atomic mass is 10.0. The average Bonchev–Trinajstić information content (AvgIpc) is 2.04. The van der Waals surface area contributed by atoms with Crippen LogP contribution in [0.5, 0.6) is 0 Å². The van der Waals surface area contributed by atoms with Gasteiger partial charge in [0, 0.05) is 19.5 Å². The summed E-state index contributed by atoms with van der Waals surface area (Å²) in [5.74, 6) is 0. The fraction of sp³-hybridized carbons (Fsp3) is 0.875. The predicted octanol–water partition coefficient (Wildman–Crippen LogP) is 0.276. The first-order chi connectivity index (χ1) is 5.72. The van der Waals surface area contributed by atoms with Crippen LogP contribution in [0.2, 0.25) is 0 Å². The Morgan fingerprint density at radius 1 is 1.50 bits per heavy atom. The van der Waals surface area contributed by atoms with Gasteiger partial charge in [-0.3, -0.25) is 5.32 Å². The van der Waals surface area contributed by atoms with Crippen LogP contribution in [0, 0.1) is 0 Å². The van der Waals surface area contributed by atoms with E-state index < -0.39 is 0 Å². The molecule has 1 unspecified atom stereocenters. The summed E-state index contributed by atoms with van der Waals surface area (Å²) in [6.45, 7) is 5.45. The molecule has 0 spiro atoms. The molecule has 0 bridgehead atoms. The van der Waals surface area contributed by atoms with Gasteiger partial charge in [0.25, 0.3) is 0 Å². The zero-order chi connectivity index (χ0) is 8.60. The molecule has 2 saturated heterocycles. The van der Waals surface area contributed by atoms with Crippen LogP contribution in [-0.4, -0.2) is 35.3 Å². The van der Waals surface area contributed by atoms with Crippen molar-refractivity contribution in [2.45, 2.75) is 25.4 Å². The van der Waals surface area contributed by atoms with Crippen molar-refractivity contribution in [2.75, 3.05) is 19.6 Å². The summed E-state index contributed by atoms with van der Waals surface area (Å²) in [6, 6.07) is 0. The topological polar surface area (TPSA) is 27.3 Å². The van der Waals surface area contributed by atoms with E-state index in [1.165, 1.54) is 6.42 Å². The largest absolute Gasteiger partial charge is 0.362 e. The number of nitrogens with one attached hydrogen (secondary N) is 2. The van der Waals surface area contributed by atoms with Gasteiger partial charge in [-0.1, -0.05) is 0 Å². The van der Waals surface area contributed by atoms with Crippen LogP contribution in [0.15, 0.2) is 0 Å². The van der Waals surface area contributed by atoms with Crippen LogP contribution in [0.25, 0.3) is 0 Å². The smallest absolute Gasteiger partial charge is 0.170 e. The molecular formula is C8H15N3S. The molecule has 2 heterocycles. The van der Waals surface area contributed by atoms with Gasteiger partial charge in [-0.2, -0.15) is 0 Å². The first-order valence-electron chi connectivity index (χ1n) is 4.53. The first kappa shape index (κ1) is 8.26. The maximum absolute atomic E-state index is 5.25. The monoisotopic (exact) mass is 185 g/mol. The molecular weight excluding hydrogens is 170 g/mol. The molecule has 1 atom stereocenters. The van der Waals surface area contributed by atoms with Crippen LogP contribution in [0.4, 0.5) is 0 Å². The van der Waals surface area contributed by atoms with E-state index in [0.717, 1.165) is 31.2 Å². The van der Waals surface area contributed by atoms with E-state index in [2.05, 4.69) is 22.5 Å². The van der Waals surface area contributed by atoms with Crippen LogP contribution in [-0.2, 0) is 0 Å². The maximum Gasteiger partial charge on any atom is 0.170 e. The Morgan fingerprint density at radius 2 is 2.33 bits per heavy atom. The van der Waals surface area contributed by atoms with Crippen molar-refractivity contribution in [1.29, 1.82) is 0 Å². The number of thiocarbonyl (C=S) groups is 1. The van der Waals surface area contributed by atoms with Gasteiger partial charge < -0.3 is 10.2 Å². The summed E-state index contributed by atoms with van der Waals surface area (Å²) in [5, 5.41) is 7.66. The second-order valence-corrected chi connectivity index (χ2v) is 4.07. The molecule has 0 aliphatic carbocycles. The van der Waals surface area contributed by atoms with Gasteiger partial charge >= 0.3 is 0 Å². The van der Waals surface area contributed by atoms with E-state index in [0.29, 0.717) is 0 Å². The lowest BCUT2D eigenvalue weighted by Gasteiger charge is -2.50. The van der Waals surface area contributed by atoms with E-state index in [1.54, 1.807) is 0 Å². The van der Waals surface area contributed by atoms with E-state index in [-0.39, 0.29) is 5.66 Å². The van der Waals surface area contributed by atoms with Gasteiger partial charge in [-0.25, -0.2) is 0 Å². The van der Waals surface area contributed by atoms with E-state index in [4.69, 9.17) is 12.2 Å². The molecule has 2 aliphatic rings. The van der Waals surface area contributed by atoms with Gasteiger partial charge in [0.2, 0.25) is 0 Å². The summed E-state index contributed by atoms with van der Waals surface area (Å²) < 4.78 is 0. The molecule has 2 aliphatic heterocycles. The maximum atomic E-state index is 5.25. The Morgan fingerprint density at radius 3 is 3.08 bits per heavy atom. The quantitative estimate of drug-likeness (QED) is 0.530. The number of hydrogen-bond acceptors (Lipinski definition) is 2. The molecule has 0 aromatic rings. The van der Waals surface area contributed by atoms with Gasteiger partial charge in [0.1, 0.15) is 0 Å². The molecule has 0 saturated carbocycles. The zero-order valence-corrected chi connectivity index (χ0v) is 8.21. The Labute approximate surface area is 78.5 Å². The zero-order valence-electron chi connectivity index (χ0n) is 7.39. The van der Waals surface area contributed by atoms with Crippen molar-refractivity contribution < 1.29 is 0 Å². The first-order valence-corrected chi connectivity index (χ1v) is 4.94. The van der Waals surface area contributed by atoms with Crippen molar-refractivity contribution in [3.05, 3.63) is 0 Å². The van der Waals surface area contributed by atoms with Gasteiger partial charge in [-0.15, -0.1) is 0 Å². The van der Waals surface area contributed by atoms with Crippen molar-refractivity contribution >= 4 is 17.3 Å². The number of hydrogen-bond donors (Lipinski definition) is 2. The van der Waals surface area contributed by atoms with Gasteiger partial charge in [0.05, 0.1) is 5.66 Å². The summed E-state index contributed by atoms with van der Waals surface area (Å²) in [5.41, 5.74) is 0.126. The molecule has 12 heavy (non-hydrogen) atoms. The highest BCUT2D eigenvalue weighted by molar-refractivity contribution is 7.80. The molecule has 2 fully saturated rings. The van der Waals surface area contributed by atoms with Crippen LogP contribution >= 0.6 is 12.2 Å². The van der Waals surface area contributed by atoms with Crippen LogP contribution < -0.4 is 10.6 Å². The van der Waals surface area contributed by atoms with E-state index in [9.17, 15) is 0 Å². The molecule has 3 nitrogen and oxygen atoms in total. The van der Waals surface area contributed by atoms with Crippen molar-refractivity contribution in [3.8, 4) is 0 Å². The fourth-order valence-electron chi connectivity index (χ4n) is 1.99. The highest BCUT2D eigenvalue weighted by Crippen LogP contribution is 2.22. The van der Waals surface area contributed by atoms with Gasteiger partial charge in [0.15, 0.2) is 5.11 Å². The summed E-state index contributed by atoms with van der Waals surface area (Å²) in [7, 11) is 0. The number of rotatable bonds is 0. The standard InChI is InChI=1S/C8H15N3S/c1-8-3-5-9-7(12)11(8)6-2-4-10-8/h10H,2-6H2,1H3,(H,9,12). The number of nitrogens with zero attached hydrogens (tertiary/aromatic N) is 1. The third kappa shape index (κ3) is 1.19. The molecule has 0 radical (unpaired) electrons. The molecule has 2 N–H and O–H groups in total. The molecule has 4 heteroatoms. The van der Waals surface area contributed by atoms with Gasteiger partial charge in [-0.05, 0) is 32.1 Å². The molecule has 2 rings (SSSR count). The second kappa shape index (κ2) is 2.85. The van der Waals surface area contributed by atoms with Crippen LogP contribution in [0.1, 0.15) is 19.8 Å². The van der Waals surface area contributed by atoms with Crippen molar-refractivity contribution in [1.82, 2.24) is 15.5 Å². The molecule has 0 amide bonds. The Hall–Kier alpha value is -0.350. The minimum atomic E-state index is 0.126. The summed E-state index contributed by atoms with van der Waals surface area (Å²) in [4.78, 5) is 2.27. The van der Waals surface area contributed by atoms with E-state index >= 15 is 0 Å². The number of fused-ring (bicyclic) bond motifs is 1. The Balaban J connectivity index is 2.18. The lowest BCUT2D eigenvalue weighted by Crippen LogP contribution is -2.68. The minimum Gasteiger partial charge on any atom is -0.362 e. The minimum absolute atomic E-state index is 0.126. The van der Waals surface area contributed by atoms with E-state index in [1.807, 2.05) is 0 Å². The summed E-state index contributed by atoms with van der Waals surface area (Å²) in [6.07, 6.45) is 2.32. The average molecular weight is 185 g/mol. The third-order valence-electron chi connectivity index (χ3n) is 2.79. The van der Waals surface area contributed by atoms with Crippen molar-refractivity contribution in [3.63, 3.8) is 0 Å². The van der Waals surface area contributed by atoms with Crippen LogP contribution in [0.3, 0.4) is 0 Å². The van der Waals surface area contributed by atoms with Crippen molar-refractivity contribution in [2.24, 2.45) is 0 Å². The second-order valence-electron chi connectivity index (χ2n) is 3.69. The fourth-order valence-corrected chi connectivity index (χ4v) is 2.39. The Bertz CT molecular complexity index is 202. The SMILES string of the molecule is CC12CCNC(=S)N1CCCN2. The summed E-state index contributed by atoms with van der Waals surface area (Å²) >= 11 is 5.25. The third-order valence-corrected chi connectivity index (χ3v) is 3.16. The predicted molar refractivity (Wildman–Crippen MR) is 52.9 cm³/mol. The molecule has 68 valence electrons. The Kier molecular flexibility index (Phi) is 1.96. The normalized spacial score (nSPS) is 35.8. The molecule has 0 aromatic carbocycles. The highest BCUT2D eigenvalue weighted by Gasteiger charge is 2.37. The molecule has 0 aromatic heterocycles. The lowest BCUT2D eigenvalue weighted by molar-refractivity contribution is 0.0877.